The minimum Gasteiger partial charge on any atom is -0.465 e. The number of fused-ring (bicyclic) bond motifs is 1. The molecule has 1 aromatic heterocycles. The molecule has 1 aromatic rings. The van der Waals surface area contributed by atoms with E-state index in [1.165, 1.54) is 7.11 Å². The van der Waals surface area contributed by atoms with Crippen molar-refractivity contribution in [2.75, 3.05) is 7.11 Å². The average molecular weight is 237 g/mol. The van der Waals surface area contributed by atoms with E-state index in [9.17, 15) is 4.79 Å². The molecular weight excluding hydrogens is 228 g/mol. The molecule has 16 heavy (non-hydrogen) atoms. The lowest BCUT2D eigenvalue weighted by Crippen LogP contribution is -2.10. The zero-order chi connectivity index (χ0) is 11.7. The van der Waals surface area contributed by atoms with Gasteiger partial charge in [-0.05, 0) is 24.8 Å². The van der Waals surface area contributed by atoms with Crippen molar-refractivity contribution >= 4 is 17.6 Å². The van der Waals surface area contributed by atoms with Crippen LogP contribution in [0.25, 0.3) is 0 Å². The zero-order valence-electron chi connectivity index (χ0n) is 8.71. The molecule has 0 atom stereocenters. The van der Waals surface area contributed by atoms with Crippen LogP contribution in [-0.2, 0) is 17.6 Å². The van der Waals surface area contributed by atoms with Gasteiger partial charge in [-0.25, -0.2) is 9.78 Å². The first-order valence-corrected chi connectivity index (χ1v) is 5.26. The van der Waals surface area contributed by atoms with Crippen molar-refractivity contribution in [3.8, 4) is 6.07 Å². The van der Waals surface area contributed by atoms with Crippen LogP contribution in [0.1, 0.15) is 33.6 Å². The Kier molecular flexibility index (Phi) is 2.80. The summed E-state index contributed by atoms with van der Waals surface area (Å²) in [4.78, 5) is 15.8. The molecular formula is C11H9ClN2O2. The number of aromatic nitrogens is 1. The molecule has 5 heteroatoms. The molecule has 0 fully saturated rings. The number of carbonyl (C=O) groups is 1. The van der Waals surface area contributed by atoms with Gasteiger partial charge in [-0.1, -0.05) is 11.6 Å². The van der Waals surface area contributed by atoms with Crippen LogP contribution in [0.3, 0.4) is 0 Å². The number of nitriles is 1. The number of aryl methyl sites for hydroxylation is 1. The van der Waals surface area contributed by atoms with Gasteiger partial charge in [0, 0.05) is 5.69 Å². The molecule has 0 bridgehead atoms. The second kappa shape index (κ2) is 4.11. The van der Waals surface area contributed by atoms with Gasteiger partial charge in [0.2, 0.25) is 0 Å². The summed E-state index contributed by atoms with van der Waals surface area (Å²) < 4.78 is 4.68. The Morgan fingerprint density at radius 2 is 2.31 bits per heavy atom. The number of carbonyl (C=O) groups excluding carboxylic acids is 1. The summed E-state index contributed by atoms with van der Waals surface area (Å²) in [6.45, 7) is 0. The van der Waals surface area contributed by atoms with Crippen LogP contribution in [0.2, 0.25) is 5.15 Å². The van der Waals surface area contributed by atoms with Crippen LogP contribution >= 0.6 is 11.6 Å². The van der Waals surface area contributed by atoms with E-state index >= 15 is 0 Å². The van der Waals surface area contributed by atoms with Crippen LogP contribution in [-0.4, -0.2) is 18.1 Å². The SMILES string of the molecule is COC(=O)c1c(C#N)c(Cl)nc2c1CCC2. The maximum Gasteiger partial charge on any atom is 0.339 e. The van der Waals surface area contributed by atoms with Gasteiger partial charge in [0.25, 0.3) is 0 Å². The molecule has 4 nitrogen and oxygen atoms in total. The van der Waals surface area contributed by atoms with Crippen molar-refractivity contribution in [2.24, 2.45) is 0 Å². The van der Waals surface area contributed by atoms with E-state index in [1.807, 2.05) is 6.07 Å². The Bertz CT molecular complexity index is 505. The van der Waals surface area contributed by atoms with Crippen LogP contribution in [0.4, 0.5) is 0 Å². The van der Waals surface area contributed by atoms with Gasteiger partial charge in [0.1, 0.15) is 16.8 Å². The molecule has 1 aliphatic rings. The number of hydrogen-bond donors (Lipinski definition) is 0. The zero-order valence-corrected chi connectivity index (χ0v) is 9.47. The summed E-state index contributed by atoms with van der Waals surface area (Å²) in [5, 5.41) is 9.08. The Morgan fingerprint density at radius 1 is 1.56 bits per heavy atom. The number of rotatable bonds is 1. The van der Waals surface area contributed by atoms with E-state index in [2.05, 4.69) is 9.72 Å². The average Bonchev–Trinajstić information content (AvgIpc) is 2.73. The first kappa shape index (κ1) is 10.9. The van der Waals surface area contributed by atoms with Gasteiger partial charge in [-0.3, -0.25) is 0 Å². The minimum atomic E-state index is -0.515. The van der Waals surface area contributed by atoms with Gasteiger partial charge in [-0.15, -0.1) is 0 Å². The summed E-state index contributed by atoms with van der Waals surface area (Å²) in [5.41, 5.74) is 2.03. The lowest BCUT2D eigenvalue weighted by Gasteiger charge is -2.09. The molecule has 0 N–H and O–H groups in total. The van der Waals surface area contributed by atoms with Gasteiger partial charge in [0.15, 0.2) is 0 Å². The van der Waals surface area contributed by atoms with E-state index in [0.717, 1.165) is 30.5 Å². The van der Waals surface area contributed by atoms with Crippen LogP contribution < -0.4 is 0 Å². The Balaban J connectivity index is 2.73. The number of nitrogens with zero attached hydrogens (tertiary/aromatic N) is 2. The van der Waals surface area contributed by atoms with E-state index in [-0.39, 0.29) is 16.3 Å². The lowest BCUT2D eigenvalue weighted by molar-refractivity contribution is 0.0599. The first-order chi connectivity index (χ1) is 7.69. The molecule has 0 aliphatic heterocycles. The molecule has 0 spiro atoms. The van der Waals surface area contributed by atoms with Crippen molar-refractivity contribution in [1.82, 2.24) is 4.98 Å². The van der Waals surface area contributed by atoms with Crippen LogP contribution in [0, 0.1) is 11.3 Å². The fourth-order valence-electron chi connectivity index (χ4n) is 1.98. The van der Waals surface area contributed by atoms with Gasteiger partial charge in [0.05, 0.1) is 12.7 Å². The quantitative estimate of drug-likeness (QED) is 0.552. The second-order valence-corrected chi connectivity index (χ2v) is 3.89. The van der Waals surface area contributed by atoms with E-state index in [1.54, 1.807) is 0 Å². The second-order valence-electron chi connectivity index (χ2n) is 3.53. The highest BCUT2D eigenvalue weighted by Gasteiger charge is 2.26. The summed E-state index contributed by atoms with van der Waals surface area (Å²) in [7, 11) is 1.29. The van der Waals surface area contributed by atoms with E-state index in [4.69, 9.17) is 16.9 Å². The highest BCUT2D eigenvalue weighted by Crippen LogP contribution is 2.30. The summed E-state index contributed by atoms with van der Waals surface area (Å²) in [6.07, 6.45) is 2.47. The van der Waals surface area contributed by atoms with Crippen LogP contribution in [0.15, 0.2) is 0 Å². The number of ether oxygens (including phenoxy) is 1. The minimum absolute atomic E-state index is 0.0866. The van der Waals surface area contributed by atoms with Crippen molar-refractivity contribution in [1.29, 1.82) is 5.26 Å². The molecule has 0 aromatic carbocycles. The topological polar surface area (TPSA) is 63.0 Å². The Labute approximate surface area is 97.8 Å². The fourth-order valence-corrected chi connectivity index (χ4v) is 2.22. The number of pyridine rings is 1. The van der Waals surface area contributed by atoms with Crippen molar-refractivity contribution in [2.45, 2.75) is 19.3 Å². The first-order valence-electron chi connectivity index (χ1n) is 4.88. The molecule has 1 aliphatic carbocycles. The van der Waals surface area contributed by atoms with Crippen LogP contribution in [0.5, 0.6) is 0 Å². The summed E-state index contributed by atoms with van der Waals surface area (Å²) in [6, 6.07) is 1.91. The number of halogens is 1. The van der Waals surface area contributed by atoms with Crippen molar-refractivity contribution in [3.63, 3.8) is 0 Å². The smallest absolute Gasteiger partial charge is 0.339 e. The molecule has 0 radical (unpaired) electrons. The monoisotopic (exact) mass is 236 g/mol. The number of esters is 1. The number of hydrogen-bond acceptors (Lipinski definition) is 4. The van der Waals surface area contributed by atoms with Crippen molar-refractivity contribution < 1.29 is 9.53 Å². The third-order valence-corrected chi connectivity index (χ3v) is 2.95. The summed E-state index contributed by atoms with van der Waals surface area (Å²) >= 11 is 5.87. The normalized spacial score (nSPS) is 13.1. The summed E-state index contributed by atoms with van der Waals surface area (Å²) in [5.74, 6) is -0.515. The third kappa shape index (κ3) is 1.54. The molecule has 1 heterocycles. The molecule has 2 rings (SSSR count). The van der Waals surface area contributed by atoms with E-state index < -0.39 is 5.97 Å². The highest BCUT2D eigenvalue weighted by molar-refractivity contribution is 6.31. The third-order valence-electron chi connectivity index (χ3n) is 2.68. The predicted molar refractivity (Wildman–Crippen MR) is 57.3 cm³/mol. The maximum atomic E-state index is 11.6. The van der Waals surface area contributed by atoms with Gasteiger partial charge in [-0.2, -0.15) is 5.26 Å². The largest absolute Gasteiger partial charge is 0.465 e. The number of methoxy groups -OCH3 is 1. The van der Waals surface area contributed by atoms with Crippen molar-refractivity contribution in [3.05, 3.63) is 27.5 Å². The highest BCUT2D eigenvalue weighted by atomic mass is 35.5. The maximum absolute atomic E-state index is 11.6. The molecule has 0 amide bonds. The van der Waals surface area contributed by atoms with Gasteiger partial charge < -0.3 is 4.74 Å². The Morgan fingerprint density at radius 3 is 2.94 bits per heavy atom. The standard InChI is InChI=1S/C11H9ClN2O2/c1-16-11(15)9-6-3-2-4-8(6)14-10(12)7(9)5-13/h2-4H2,1H3. The fraction of sp³-hybridized carbons (Fsp3) is 0.364. The molecule has 0 unspecified atom stereocenters. The molecule has 0 saturated heterocycles. The Hall–Kier alpha value is -1.60. The van der Waals surface area contributed by atoms with E-state index in [0.29, 0.717) is 0 Å². The van der Waals surface area contributed by atoms with Gasteiger partial charge >= 0.3 is 5.97 Å². The molecule has 82 valence electrons. The lowest BCUT2D eigenvalue weighted by atomic mass is 10.0. The predicted octanol–water partition coefficient (Wildman–Crippen LogP) is 1.88. The molecule has 0 saturated carbocycles.